The fourth-order valence-electron chi connectivity index (χ4n) is 1.91. The van der Waals surface area contributed by atoms with E-state index in [0.29, 0.717) is 27.7 Å². The molecule has 0 bridgehead atoms. The number of nitrogens with zero attached hydrogens (tertiary/aromatic N) is 2. The first-order valence-electron chi connectivity index (χ1n) is 6.38. The number of halogens is 2. The molecule has 0 radical (unpaired) electrons. The topological polar surface area (TPSA) is 74.6 Å². The van der Waals surface area contributed by atoms with E-state index in [1.165, 1.54) is 0 Å². The van der Waals surface area contributed by atoms with E-state index in [9.17, 15) is 4.79 Å². The molecule has 0 unspecified atom stereocenters. The van der Waals surface area contributed by atoms with E-state index in [1.807, 2.05) is 0 Å². The number of carbonyl (C=O) groups is 1. The molecule has 2 aromatic rings. The van der Waals surface area contributed by atoms with Gasteiger partial charge in [-0.25, -0.2) is 4.98 Å². The second kappa shape index (κ2) is 7.24. The van der Waals surface area contributed by atoms with E-state index < -0.39 is 12.5 Å². The van der Waals surface area contributed by atoms with Crippen molar-refractivity contribution in [2.45, 2.75) is 0 Å². The zero-order valence-electron chi connectivity index (χ0n) is 11.7. The van der Waals surface area contributed by atoms with Crippen molar-refractivity contribution >= 4 is 40.6 Å². The maximum absolute atomic E-state index is 10.9. The highest BCUT2D eigenvalue weighted by Gasteiger charge is 2.16. The number of nitrogens with one attached hydrogen (secondary N) is 1. The van der Waals surface area contributed by atoms with Gasteiger partial charge in [0, 0.05) is 12.6 Å². The number of carboxylic acid groups (broad SMARTS) is 1. The van der Waals surface area contributed by atoms with Gasteiger partial charge in [-0.1, -0.05) is 41.4 Å². The number of aliphatic imine (C=N–C) groups is 1. The second-order valence-electron chi connectivity index (χ2n) is 4.32. The van der Waals surface area contributed by atoms with E-state index >= 15 is 0 Å². The normalized spacial score (nSPS) is 11.3. The third-order valence-corrected chi connectivity index (χ3v) is 3.40. The number of benzene rings is 1. The summed E-state index contributed by atoms with van der Waals surface area (Å²) in [6.07, 6.45) is 0. The average molecular weight is 338 g/mol. The molecule has 0 atom stereocenters. The highest BCUT2D eigenvalue weighted by atomic mass is 35.5. The van der Waals surface area contributed by atoms with Crippen LogP contribution in [0.15, 0.2) is 41.4 Å². The molecule has 0 saturated carbocycles. The van der Waals surface area contributed by atoms with Crippen molar-refractivity contribution in [3.8, 4) is 0 Å². The van der Waals surface area contributed by atoms with Crippen LogP contribution in [-0.2, 0) is 4.79 Å². The Kier molecular flexibility index (Phi) is 5.35. The lowest BCUT2D eigenvalue weighted by molar-refractivity contribution is -0.135. The Morgan fingerprint density at radius 2 is 2.00 bits per heavy atom. The lowest BCUT2D eigenvalue weighted by Crippen LogP contribution is -2.13. The zero-order valence-corrected chi connectivity index (χ0v) is 13.2. The molecule has 7 heteroatoms. The van der Waals surface area contributed by atoms with Crippen LogP contribution in [0.1, 0.15) is 11.3 Å². The Labute approximate surface area is 137 Å². The minimum atomic E-state index is -1.04. The zero-order chi connectivity index (χ0) is 16.1. The van der Waals surface area contributed by atoms with E-state index in [1.54, 1.807) is 43.4 Å². The highest BCUT2D eigenvalue weighted by Crippen LogP contribution is 2.24. The monoisotopic (exact) mass is 337 g/mol. The largest absolute Gasteiger partial charge is 0.480 e. The van der Waals surface area contributed by atoms with Gasteiger partial charge in [-0.15, -0.1) is 0 Å². The molecule has 1 heterocycles. The Balaban J connectivity index is 2.64. The molecule has 0 saturated heterocycles. The summed E-state index contributed by atoms with van der Waals surface area (Å²) in [4.78, 5) is 19.3. The number of aromatic nitrogens is 1. The summed E-state index contributed by atoms with van der Waals surface area (Å²) >= 11 is 12.2. The van der Waals surface area contributed by atoms with Gasteiger partial charge in [-0.05, 0) is 18.2 Å². The lowest BCUT2D eigenvalue weighted by atomic mass is 10.1. The van der Waals surface area contributed by atoms with Crippen LogP contribution in [0, 0.1) is 0 Å². The number of hydrogen-bond acceptors (Lipinski definition) is 4. The highest BCUT2D eigenvalue weighted by molar-refractivity contribution is 6.36. The molecule has 0 aliphatic carbocycles. The number of anilines is 1. The minimum absolute atomic E-state index is 0.282. The van der Waals surface area contributed by atoms with Crippen LogP contribution in [0.4, 0.5) is 5.69 Å². The first kappa shape index (κ1) is 16.3. The molecule has 22 heavy (non-hydrogen) atoms. The summed E-state index contributed by atoms with van der Waals surface area (Å²) in [5, 5.41) is 12.6. The second-order valence-corrected chi connectivity index (χ2v) is 5.11. The van der Waals surface area contributed by atoms with Gasteiger partial charge in [0.1, 0.15) is 17.4 Å². The fourth-order valence-corrected chi connectivity index (χ4v) is 2.28. The maximum Gasteiger partial charge on any atom is 0.325 e. The summed E-state index contributed by atoms with van der Waals surface area (Å²) in [5.74, 6) is -1.04. The molecule has 2 rings (SSSR count). The van der Waals surface area contributed by atoms with Crippen molar-refractivity contribution in [3.05, 3.63) is 57.8 Å². The van der Waals surface area contributed by atoms with Crippen molar-refractivity contribution in [2.75, 3.05) is 18.9 Å². The molecule has 1 aromatic carbocycles. The Bertz CT molecular complexity index is 732. The molecule has 0 spiro atoms. The number of aliphatic carboxylic acids is 1. The van der Waals surface area contributed by atoms with Gasteiger partial charge in [-0.2, -0.15) is 0 Å². The van der Waals surface area contributed by atoms with Gasteiger partial charge < -0.3 is 10.4 Å². The van der Waals surface area contributed by atoms with Gasteiger partial charge in [0.2, 0.25) is 0 Å². The van der Waals surface area contributed by atoms with Crippen LogP contribution in [0.3, 0.4) is 0 Å². The Morgan fingerprint density at radius 3 is 2.64 bits per heavy atom. The standard InChI is InChI=1S/C15H13Cl2N3O2/c1-18-11-6-7-12(17)20-15(11)14(19-8-13(21)22)9-4-2-3-5-10(9)16/h2-7,18H,8H2,1H3,(H,21,22). The number of hydrogen-bond donors (Lipinski definition) is 2. The molecule has 1 aromatic heterocycles. The molecule has 2 N–H and O–H groups in total. The summed E-state index contributed by atoms with van der Waals surface area (Å²) < 4.78 is 0. The summed E-state index contributed by atoms with van der Waals surface area (Å²) in [6, 6.07) is 10.4. The Hall–Kier alpha value is -2.11. The van der Waals surface area contributed by atoms with Gasteiger partial charge in [0.25, 0.3) is 0 Å². The van der Waals surface area contributed by atoms with Crippen molar-refractivity contribution in [1.82, 2.24) is 4.98 Å². The summed E-state index contributed by atoms with van der Waals surface area (Å²) in [6.45, 7) is -0.391. The molecule has 0 aliphatic rings. The summed E-state index contributed by atoms with van der Waals surface area (Å²) in [5.41, 5.74) is 2.09. The predicted octanol–water partition coefficient (Wildman–Crippen LogP) is 3.35. The molecule has 114 valence electrons. The van der Waals surface area contributed by atoms with Crippen LogP contribution >= 0.6 is 23.2 Å². The number of carboxylic acids is 1. The quantitative estimate of drug-likeness (QED) is 0.648. The van der Waals surface area contributed by atoms with Gasteiger partial charge in [0.15, 0.2) is 0 Å². The third-order valence-electron chi connectivity index (χ3n) is 2.86. The van der Waals surface area contributed by atoms with E-state index in [0.717, 1.165) is 0 Å². The first-order valence-corrected chi connectivity index (χ1v) is 7.14. The van der Waals surface area contributed by atoms with Crippen molar-refractivity contribution in [2.24, 2.45) is 4.99 Å². The van der Waals surface area contributed by atoms with Crippen molar-refractivity contribution in [1.29, 1.82) is 0 Å². The molecule has 0 amide bonds. The SMILES string of the molecule is CNc1ccc(Cl)nc1C(=NCC(=O)O)c1ccccc1Cl. The van der Waals surface area contributed by atoms with Crippen molar-refractivity contribution < 1.29 is 9.90 Å². The molecule has 0 fully saturated rings. The van der Waals surface area contributed by atoms with Crippen LogP contribution in [0.5, 0.6) is 0 Å². The third kappa shape index (κ3) is 3.75. The molecular formula is C15H13Cl2N3O2. The minimum Gasteiger partial charge on any atom is -0.480 e. The predicted molar refractivity (Wildman–Crippen MR) is 88.4 cm³/mol. The maximum atomic E-state index is 10.9. The van der Waals surface area contributed by atoms with E-state index in [4.69, 9.17) is 28.3 Å². The van der Waals surface area contributed by atoms with Gasteiger partial charge in [-0.3, -0.25) is 9.79 Å². The molecular weight excluding hydrogens is 325 g/mol. The number of pyridine rings is 1. The molecule has 5 nitrogen and oxygen atoms in total. The van der Waals surface area contributed by atoms with Crippen molar-refractivity contribution in [3.63, 3.8) is 0 Å². The van der Waals surface area contributed by atoms with Gasteiger partial charge in [0.05, 0.1) is 16.4 Å². The average Bonchev–Trinajstić information content (AvgIpc) is 2.49. The lowest BCUT2D eigenvalue weighted by Gasteiger charge is -2.12. The molecule has 0 aliphatic heterocycles. The van der Waals surface area contributed by atoms with E-state index in [2.05, 4.69) is 15.3 Å². The number of rotatable bonds is 5. The van der Waals surface area contributed by atoms with Crippen LogP contribution in [0.2, 0.25) is 10.2 Å². The first-order chi connectivity index (χ1) is 10.5. The van der Waals surface area contributed by atoms with Gasteiger partial charge >= 0.3 is 5.97 Å². The summed E-state index contributed by atoms with van der Waals surface area (Å²) in [7, 11) is 1.73. The van der Waals surface area contributed by atoms with Crippen LogP contribution in [0.25, 0.3) is 0 Å². The smallest absolute Gasteiger partial charge is 0.325 e. The van der Waals surface area contributed by atoms with Crippen LogP contribution in [-0.4, -0.2) is 35.4 Å². The Morgan fingerprint density at radius 1 is 1.27 bits per heavy atom. The van der Waals surface area contributed by atoms with Crippen LogP contribution < -0.4 is 5.32 Å². The van der Waals surface area contributed by atoms with E-state index in [-0.39, 0.29) is 5.15 Å². The fraction of sp³-hybridized carbons (Fsp3) is 0.133.